The summed E-state index contributed by atoms with van der Waals surface area (Å²) in [6.45, 7) is 6.63. The summed E-state index contributed by atoms with van der Waals surface area (Å²) in [5.74, 6) is 1.02. The zero-order valence-electron chi connectivity index (χ0n) is 9.25. The topological polar surface area (TPSA) is 29.9 Å². The third kappa shape index (κ3) is 1.63. The molecule has 1 fully saturated rings. The molecule has 0 bridgehead atoms. The molecule has 0 spiro atoms. The maximum Gasteiger partial charge on any atom is 0.203 e. The molecule has 0 atom stereocenters. The van der Waals surface area contributed by atoms with Gasteiger partial charge in [-0.2, -0.15) is 0 Å². The van der Waals surface area contributed by atoms with Crippen LogP contribution in [0, 0.1) is 0 Å². The van der Waals surface area contributed by atoms with Crippen LogP contribution in [0.1, 0.15) is 46.1 Å². The van der Waals surface area contributed by atoms with Crippen LogP contribution in [0.15, 0.2) is 12.4 Å². The summed E-state index contributed by atoms with van der Waals surface area (Å²) in [5.41, 5.74) is 0.290. The molecule has 0 amide bonds. The lowest BCUT2D eigenvalue weighted by atomic mass is 9.79. The lowest BCUT2D eigenvalue weighted by Crippen LogP contribution is -2.42. The summed E-state index contributed by atoms with van der Waals surface area (Å²) in [6.07, 6.45) is 7.77. The molecular weight excluding hydrogens is 174 g/mol. The van der Waals surface area contributed by atoms with Gasteiger partial charge in [0.15, 0.2) is 0 Å². The van der Waals surface area contributed by atoms with E-state index in [-0.39, 0.29) is 5.54 Å². The maximum absolute atomic E-state index is 4.36. The largest absolute Gasteiger partial charge is 0.350 e. The van der Waals surface area contributed by atoms with Crippen LogP contribution in [-0.2, 0) is 0 Å². The average Bonchev–Trinajstić information content (AvgIpc) is 2.49. The highest BCUT2D eigenvalue weighted by atomic mass is 15.2. The third-order valence-electron chi connectivity index (χ3n) is 3.10. The molecule has 1 aliphatic carbocycles. The summed E-state index contributed by atoms with van der Waals surface area (Å²) in [5, 5.41) is 3.54. The number of nitrogens with zero attached hydrogens (tertiary/aromatic N) is 2. The van der Waals surface area contributed by atoms with E-state index in [9.17, 15) is 0 Å². The van der Waals surface area contributed by atoms with E-state index >= 15 is 0 Å². The minimum absolute atomic E-state index is 0.290. The molecule has 0 aliphatic heterocycles. The van der Waals surface area contributed by atoms with Gasteiger partial charge >= 0.3 is 0 Å². The standard InChI is InChI=1S/C11H19N3/c1-9(2)14-8-7-12-10(14)13-11(3)5-4-6-11/h7-9H,4-6H2,1-3H3,(H,12,13). The van der Waals surface area contributed by atoms with Gasteiger partial charge in [-0.3, -0.25) is 0 Å². The van der Waals surface area contributed by atoms with Crippen molar-refractivity contribution in [3.05, 3.63) is 12.4 Å². The molecule has 1 heterocycles. The Morgan fingerprint density at radius 2 is 2.21 bits per heavy atom. The van der Waals surface area contributed by atoms with Gasteiger partial charge in [0, 0.05) is 24.0 Å². The Morgan fingerprint density at radius 3 is 2.71 bits per heavy atom. The Bertz CT molecular complexity index is 310. The van der Waals surface area contributed by atoms with E-state index in [2.05, 4.69) is 35.6 Å². The van der Waals surface area contributed by atoms with Crippen molar-refractivity contribution in [3.8, 4) is 0 Å². The monoisotopic (exact) mass is 193 g/mol. The van der Waals surface area contributed by atoms with E-state index in [1.807, 2.05) is 12.4 Å². The molecule has 3 nitrogen and oxygen atoms in total. The quantitative estimate of drug-likeness (QED) is 0.800. The highest BCUT2D eigenvalue weighted by molar-refractivity contribution is 5.32. The van der Waals surface area contributed by atoms with E-state index in [1.165, 1.54) is 19.3 Å². The first-order valence-corrected chi connectivity index (χ1v) is 5.42. The lowest BCUT2D eigenvalue weighted by molar-refractivity contribution is 0.303. The molecule has 1 N–H and O–H groups in total. The van der Waals surface area contributed by atoms with Crippen molar-refractivity contribution in [1.82, 2.24) is 9.55 Å². The summed E-state index contributed by atoms with van der Waals surface area (Å²) >= 11 is 0. The molecule has 3 heteroatoms. The van der Waals surface area contributed by atoms with Gasteiger partial charge in [0.2, 0.25) is 5.95 Å². The number of rotatable bonds is 3. The van der Waals surface area contributed by atoms with E-state index in [4.69, 9.17) is 0 Å². The molecule has 0 aromatic carbocycles. The van der Waals surface area contributed by atoms with Gasteiger partial charge in [-0.25, -0.2) is 4.98 Å². The van der Waals surface area contributed by atoms with E-state index in [1.54, 1.807) is 0 Å². The van der Waals surface area contributed by atoms with Gasteiger partial charge in [-0.1, -0.05) is 0 Å². The van der Waals surface area contributed by atoms with Crippen molar-refractivity contribution in [2.45, 2.75) is 51.6 Å². The predicted octanol–water partition coefficient (Wildman–Crippen LogP) is 2.82. The molecule has 1 aromatic rings. The second-order valence-corrected chi connectivity index (χ2v) is 4.79. The van der Waals surface area contributed by atoms with Crippen molar-refractivity contribution in [2.75, 3.05) is 5.32 Å². The van der Waals surface area contributed by atoms with Crippen molar-refractivity contribution in [2.24, 2.45) is 0 Å². The number of imidazole rings is 1. The SMILES string of the molecule is CC(C)n1ccnc1NC1(C)CCC1. The minimum atomic E-state index is 0.290. The molecule has 1 aromatic heterocycles. The van der Waals surface area contributed by atoms with E-state index in [0.717, 1.165) is 5.95 Å². The number of aromatic nitrogens is 2. The summed E-state index contributed by atoms with van der Waals surface area (Å²) in [6, 6.07) is 0.476. The third-order valence-corrected chi connectivity index (χ3v) is 3.10. The fourth-order valence-corrected chi connectivity index (χ4v) is 1.93. The highest BCUT2D eigenvalue weighted by Crippen LogP contribution is 2.34. The number of anilines is 1. The average molecular weight is 193 g/mol. The molecule has 14 heavy (non-hydrogen) atoms. The fourth-order valence-electron chi connectivity index (χ4n) is 1.93. The Hall–Kier alpha value is -0.990. The first-order valence-electron chi connectivity index (χ1n) is 5.42. The summed E-state index contributed by atoms with van der Waals surface area (Å²) in [4.78, 5) is 4.36. The van der Waals surface area contributed by atoms with Crippen LogP contribution in [0.3, 0.4) is 0 Å². The Morgan fingerprint density at radius 1 is 1.50 bits per heavy atom. The second-order valence-electron chi connectivity index (χ2n) is 4.79. The molecule has 78 valence electrons. The van der Waals surface area contributed by atoms with E-state index in [0.29, 0.717) is 6.04 Å². The van der Waals surface area contributed by atoms with Crippen LogP contribution in [0.2, 0.25) is 0 Å². The Balaban J connectivity index is 2.12. The molecule has 0 saturated heterocycles. The van der Waals surface area contributed by atoms with Gasteiger partial charge in [0.1, 0.15) is 0 Å². The van der Waals surface area contributed by atoms with Gasteiger partial charge in [-0.05, 0) is 40.0 Å². The van der Waals surface area contributed by atoms with Crippen LogP contribution in [0.4, 0.5) is 5.95 Å². The zero-order valence-corrected chi connectivity index (χ0v) is 9.25. The van der Waals surface area contributed by atoms with Gasteiger partial charge in [0.05, 0.1) is 0 Å². The highest BCUT2D eigenvalue weighted by Gasteiger charge is 2.32. The summed E-state index contributed by atoms with van der Waals surface area (Å²) < 4.78 is 2.18. The van der Waals surface area contributed by atoms with Crippen molar-refractivity contribution >= 4 is 5.95 Å². The van der Waals surface area contributed by atoms with Crippen LogP contribution >= 0.6 is 0 Å². The van der Waals surface area contributed by atoms with Crippen LogP contribution in [0.5, 0.6) is 0 Å². The normalized spacial score (nSPS) is 19.4. The van der Waals surface area contributed by atoms with Crippen LogP contribution in [-0.4, -0.2) is 15.1 Å². The molecular formula is C11H19N3. The van der Waals surface area contributed by atoms with Gasteiger partial charge in [-0.15, -0.1) is 0 Å². The number of hydrogen-bond acceptors (Lipinski definition) is 2. The molecule has 0 radical (unpaired) electrons. The van der Waals surface area contributed by atoms with Crippen LogP contribution < -0.4 is 5.32 Å². The smallest absolute Gasteiger partial charge is 0.203 e. The predicted molar refractivity (Wildman–Crippen MR) is 58.5 cm³/mol. The van der Waals surface area contributed by atoms with E-state index < -0.39 is 0 Å². The van der Waals surface area contributed by atoms with Crippen molar-refractivity contribution in [3.63, 3.8) is 0 Å². The van der Waals surface area contributed by atoms with Crippen LogP contribution in [0.25, 0.3) is 0 Å². The molecule has 1 aliphatic rings. The first-order chi connectivity index (χ1) is 6.61. The number of nitrogens with one attached hydrogen (secondary N) is 1. The van der Waals surface area contributed by atoms with Crippen molar-refractivity contribution < 1.29 is 0 Å². The van der Waals surface area contributed by atoms with Gasteiger partial charge < -0.3 is 9.88 Å². The Labute approximate surface area is 85.5 Å². The summed E-state index contributed by atoms with van der Waals surface area (Å²) in [7, 11) is 0. The molecule has 0 unspecified atom stereocenters. The fraction of sp³-hybridized carbons (Fsp3) is 0.727. The minimum Gasteiger partial charge on any atom is -0.350 e. The second kappa shape index (κ2) is 3.30. The van der Waals surface area contributed by atoms with Gasteiger partial charge in [0.25, 0.3) is 0 Å². The zero-order chi connectivity index (χ0) is 10.2. The molecule has 2 rings (SSSR count). The lowest BCUT2D eigenvalue weighted by Gasteiger charge is -2.39. The maximum atomic E-state index is 4.36. The Kier molecular flexibility index (Phi) is 2.25. The number of hydrogen-bond donors (Lipinski definition) is 1. The first kappa shape index (κ1) is 9.56. The van der Waals surface area contributed by atoms with Crippen molar-refractivity contribution in [1.29, 1.82) is 0 Å². The molecule has 1 saturated carbocycles.